The second-order valence-corrected chi connectivity index (χ2v) is 2.93. The van der Waals surface area contributed by atoms with Gasteiger partial charge in [0.25, 0.3) is 6.43 Å². The minimum atomic E-state index is -2.74. The highest BCUT2D eigenvalue weighted by molar-refractivity contribution is 6.32. The van der Waals surface area contributed by atoms with E-state index in [-0.39, 0.29) is 16.3 Å². The molecule has 0 saturated heterocycles. The molecule has 0 fully saturated rings. The van der Waals surface area contributed by atoms with Crippen molar-refractivity contribution in [1.29, 1.82) is 0 Å². The lowest BCUT2D eigenvalue weighted by Gasteiger charge is -2.01. The van der Waals surface area contributed by atoms with Gasteiger partial charge in [-0.25, -0.2) is 8.78 Å². The van der Waals surface area contributed by atoms with Crippen LogP contribution in [0.4, 0.5) is 14.6 Å². The molecule has 0 unspecified atom stereocenters. The fourth-order valence-corrected chi connectivity index (χ4v) is 1.16. The van der Waals surface area contributed by atoms with Gasteiger partial charge in [-0.05, 0) is 16.0 Å². The lowest BCUT2D eigenvalue weighted by atomic mass is 10.2. The second-order valence-electron chi connectivity index (χ2n) is 2.53. The smallest absolute Gasteiger partial charge is 0.358 e. The first-order valence-corrected chi connectivity index (χ1v) is 3.91. The van der Waals surface area contributed by atoms with Crippen LogP contribution in [0.5, 0.6) is 0 Å². The van der Waals surface area contributed by atoms with Gasteiger partial charge in [-0.15, -0.1) is 0 Å². The summed E-state index contributed by atoms with van der Waals surface area (Å²) in [6.07, 6.45) is -2.74. The van der Waals surface area contributed by atoms with E-state index in [0.717, 1.165) is 6.07 Å². The molecule has 0 atom stereocenters. The minimum absolute atomic E-state index is 0.0869. The fraction of sp³-hybridized carbons (Fsp3) is 0.286. The van der Waals surface area contributed by atoms with Crippen LogP contribution in [-0.4, -0.2) is 9.91 Å². The Balaban J connectivity index is 3.31. The lowest BCUT2D eigenvalue weighted by Crippen LogP contribution is -1.99. The molecule has 1 aromatic rings. The van der Waals surface area contributed by atoms with Gasteiger partial charge < -0.3 is 10.1 Å². The maximum atomic E-state index is 12.3. The Labute approximate surface area is 82.7 Å². The normalized spacial score (nSPS) is 10.6. The van der Waals surface area contributed by atoms with Crippen LogP contribution in [0.15, 0.2) is 6.07 Å². The van der Waals surface area contributed by atoms with Crippen molar-refractivity contribution in [2.75, 3.05) is 0 Å². The zero-order valence-electron chi connectivity index (χ0n) is 7.00. The topological polar surface area (TPSA) is 56.0 Å². The predicted molar refractivity (Wildman–Crippen MR) is 45.6 cm³/mol. The molecule has 14 heavy (non-hydrogen) atoms. The minimum Gasteiger partial charge on any atom is -0.358 e. The van der Waals surface area contributed by atoms with Crippen LogP contribution in [0.3, 0.4) is 0 Å². The molecule has 7 heteroatoms. The average molecular weight is 223 g/mol. The molecular weight excluding hydrogens is 218 g/mol. The SMILES string of the molecule is Cc1nc([N+](=O)[O-])c(Cl)cc1C(F)F. The molecular formula is C7H5ClF2N2O2. The van der Waals surface area contributed by atoms with E-state index in [1.807, 2.05) is 0 Å². The summed E-state index contributed by atoms with van der Waals surface area (Å²) in [5.74, 6) is -0.603. The van der Waals surface area contributed by atoms with E-state index < -0.39 is 17.2 Å². The van der Waals surface area contributed by atoms with Gasteiger partial charge >= 0.3 is 5.82 Å². The number of aryl methyl sites for hydroxylation is 1. The monoisotopic (exact) mass is 222 g/mol. The summed E-state index contributed by atoms with van der Waals surface area (Å²) in [7, 11) is 0. The number of pyridine rings is 1. The third kappa shape index (κ3) is 1.95. The van der Waals surface area contributed by atoms with Crippen molar-refractivity contribution in [1.82, 2.24) is 4.98 Å². The number of nitro groups is 1. The summed E-state index contributed by atoms with van der Waals surface area (Å²) in [4.78, 5) is 12.9. The molecule has 76 valence electrons. The van der Waals surface area contributed by atoms with Crippen molar-refractivity contribution >= 4 is 17.4 Å². The Morgan fingerprint density at radius 1 is 1.64 bits per heavy atom. The summed E-state index contributed by atoms with van der Waals surface area (Å²) < 4.78 is 24.5. The van der Waals surface area contributed by atoms with E-state index in [1.54, 1.807) is 0 Å². The maximum absolute atomic E-state index is 12.3. The van der Waals surface area contributed by atoms with Gasteiger partial charge in [-0.2, -0.15) is 0 Å². The van der Waals surface area contributed by atoms with Crippen LogP contribution in [-0.2, 0) is 0 Å². The third-order valence-electron chi connectivity index (χ3n) is 1.60. The van der Waals surface area contributed by atoms with E-state index in [2.05, 4.69) is 4.98 Å². The Morgan fingerprint density at radius 2 is 2.21 bits per heavy atom. The van der Waals surface area contributed by atoms with E-state index in [1.165, 1.54) is 6.92 Å². The predicted octanol–water partition coefficient (Wildman–Crippen LogP) is 2.89. The number of halogens is 3. The summed E-state index contributed by atoms with van der Waals surface area (Å²) in [6.45, 7) is 1.27. The Hall–Kier alpha value is -1.30. The molecule has 0 aromatic carbocycles. The van der Waals surface area contributed by atoms with Crippen molar-refractivity contribution in [3.63, 3.8) is 0 Å². The third-order valence-corrected chi connectivity index (χ3v) is 1.87. The highest BCUT2D eigenvalue weighted by Gasteiger charge is 2.22. The number of aromatic nitrogens is 1. The highest BCUT2D eigenvalue weighted by atomic mass is 35.5. The van der Waals surface area contributed by atoms with E-state index in [9.17, 15) is 18.9 Å². The first-order chi connectivity index (χ1) is 6.43. The molecule has 0 aliphatic heterocycles. The summed E-state index contributed by atoms with van der Waals surface area (Å²) in [6, 6.07) is 0.868. The van der Waals surface area contributed by atoms with Gasteiger partial charge in [0.05, 0.1) is 5.56 Å². The van der Waals surface area contributed by atoms with Crippen LogP contribution in [0.1, 0.15) is 17.7 Å². The first kappa shape index (κ1) is 10.8. The highest BCUT2D eigenvalue weighted by Crippen LogP contribution is 2.29. The van der Waals surface area contributed by atoms with Crippen molar-refractivity contribution in [2.45, 2.75) is 13.3 Å². The number of rotatable bonds is 2. The molecule has 0 spiro atoms. The molecule has 1 aromatic heterocycles. The number of alkyl halides is 2. The summed E-state index contributed by atoms with van der Waals surface area (Å²) in [5, 5.41) is 9.95. The van der Waals surface area contributed by atoms with E-state index >= 15 is 0 Å². The lowest BCUT2D eigenvalue weighted by molar-refractivity contribution is -0.389. The van der Waals surface area contributed by atoms with Gasteiger partial charge in [-0.1, -0.05) is 11.6 Å². The first-order valence-electron chi connectivity index (χ1n) is 3.53. The van der Waals surface area contributed by atoms with Gasteiger partial charge in [0.2, 0.25) is 0 Å². The van der Waals surface area contributed by atoms with Crippen molar-refractivity contribution < 1.29 is 13.7 Å². The molecule has 1 heterocycles. The molecule has 0 aliphatic rings. The zero-order valence-corrected chi connectivity index (χ0v) is 7.76. The Morgan fingerprint density at radius 3 is 2.64 bits per heavy atom. The zero-order chi connectivity index (χ0) is 10.9. The van der Waals surface area contributed by atoms with Gasteiger partial charge in [0, 0.05) is 6.92 Å². The molecule has 0 saturated carbocycles. The number of nitrogens with zero attached hydrogens (tertiary/aromatic N) is 2. The molecule has 1 rings (SSSR count). The van der Waals surface area contributed by atoms with Crippen LogP contribution in [0.25, 0.3) is 0 Å². The Bertz CT molecular complexity index is 384. The summed E-state index contributed by atoms with van der Waals surface area (Å²) in [5.41, 5.74) is -0.475. The van der Waals surface area contributed by atoms with Crippen LogP contribution in [0.2, 0.25) is 5.02 Å². The van der Waals surface area contributed by atoms with Gasteiger partial charge in [0.1, 0.15) is 5.02 Å². The second kappa shape index (κ2) is 3.83. The van der Waals surface area contributed by atoms with Crippen molar-refractivity contribution in [3.05, 3.63) is 32.5 Å². The quantitative estimate of drug-likeness (QED) is 0.571. The van der Waals surface area contributed by atoms with Gasteiger partial charge in [0.15, 0.2) is 5.69 Å². The standard InChI is InChI=1S/C7H5ClF2N2O2/c1-3-4(6(9)10)2-5(8)7(11-3)12(13)14/h2,6H,1H3. The molecule has 0 bridgehead atoms. The molecule has 4 nitrogen and oxygen atoms in total. The Kier molecular flexibility index (Phi) is 2.95. The molecule has 0 amide bonds. The molecule has 0 N–H and O–H groups in total. The molecule has 0 radical (unpaired) electrons. The van der Waals surface area contributed by atoms with Crippen LogP contribution in [0, 0.1) is 17.0 Å². The van der Waals surface area contributed by atoms with Crippen LogP contribution < -0.4 is 0 Å². The number of hydrogen-bond acceptors (Lipinski definition) is 3. The fourth-order valence-electron chi connectivity index (χ4n) is 0.931. The van der Waals surface area contributed by atoms with Crippen molar-refractivity contribution in [3.8, 4) is 0 Å². The number of hydrogen-bond donors (Lipinski definition) is 0. The maximum Gasteiger partial charge on any atom is 0.382 e. The molecule has 0 aliphatic carbocycles. The average Bonchev–Trinajstić information content (AvgIpc) is 2.07. The largest absolute Gasteiger partial charge is 0.382 e. The van der Waals surface area contributed by atoms with E-state index in [4.69, 9.17) is 11.6 Å². The summed E-state index contributed by atoms with van der Waals surface area (Å²) >= 11 is 5.40. The van der Waals surface area contributed by atoms with Gasteiger partial charge in [-0.3, -0.25) is 0 Å². The van der Waals surface area contributed by atoms with E-state index in [0.29, 0.717) is 0 Å². The van der Waals surface area contributed by atoms with Crippen LogP contribution >= 0.6 is 11.6 Å². The van der Waals surface area contributed by atoms with Crippen molar-refractivity contribution in [2.24, 2.45) is 0 Å².